The Kier molecular flexibility index (Phi) is 3.53. The number of aromatic nitrogens is 2. The lowest BCUT2D eigenvalue weighted by molar-refractivity contribution is -0.599. The SMILES string of the molecule is FC(F)(F)c1cnc(-[n+]2ccccc2)cc1N1CCCC1. The normalized spacial score (nSPS) is 15.5. The molecule has 3 heterocycles. The van der Waals surface area contributed by atoms with Crippen LogP contribution in [0, 0.1) is 0 Å². The van der Waals surface area contributed by atoms with E-state index in [1.807, 2.05) is 18.2 Å². The Hall–Kier alpha value is -2.11. The van der Waals surface area contributed by atoms with E-state index in [9.17, 15) is 13.2 Å². The van der Waals surface area contributed by atoms with Crippen molar-refractivity contribution in [3.05, 3.63) is 48.4 Å². The molecule has 1 aliphatic rings. The average molecular weight is 294 g/mol. The lowest BCUT2D eigenvalue weighted by Gasteiger charge is -2.21. The van der Waals surface area contributed by atoms with Gasteiger partial charge in [0, 0.05) is 13.1 Å². The highest BCUT2D eigenvalue weighted by molar-refractivity contribution is 5.56. The number of hydrogen-bond acceptors (Lipinski definition) is 2. The standard InChI is InChI=1S/C15H15F3N3/c16-15(17,18)12-11-19-14(21-8-2-1-3-9-21)10-13(12)20-6-4-5-7-20/h1-3,8-11H,4-7H2/q+1. The lowest BCUT2D eigenvalue weighted by atomic mass is 10.2. The maximum absolute atomic E-state index is 13.2. The van der Waals surface area contributed by atoms with Gasteiger partial charge in [0.2, 0.25) is 0 Å². The predicted molar refractivity (Wildman–Crippen MR) is 72.2 cm³/mol. The average Bonchev–Trinajstić information content (AvgIpc) is 3.01. The van der Waals surface area contributed by atoms with Crippen LogP contribution in [0.4, 0.5) is 18.9 Å². The Bertz CT molecular complexity index is 620. The molecule has 0 atom stereocenters. The number of pyridine rings is 2. The van der Waals surface area contributed by atoms with Crippen molar-refractivity contribution in [2.45, 2.75) is 19.0 Å². The van der Waals surface area contributed by atoms with Gasteiger partial charge in [-0.3, -0.25) is 0 Å². The van der Waals surface area contributed by atoms with Crippen molar-refractivity contribution in [1.82, 2.24) is 4.98 Å². The van der Waals surface area contributed by atoms with Crippen LogP contribution in [0.1, 0.15) is 18.4 Å². The predicted octanol–water partition coefficient (Wildman–Crippen LogP) is 2.98. The molecule has 110 valence electrons. The van der Waals surface area contributed by atoms with Crippen molar-refractivity contribution in [3.63, 3.8) is 0 Å². The van der Waals surface area contributed by atoms with Gasteiger partial charge in [0.05, 0.1) is 24.1 Å². The van der Waals surface area contributed by atoms with Crippen LogP contribution in [0.5, 0.6) is 0 Å². The largest absolute Gasteiger partial charge is 0.422 e. The number of alkyl halides is 3. The third-order valence-corrected chi connectivity index (χ3v) is 3.60. The molecule has 0 unspecified atom stereocenters. The summed E-state index contributed by atoms with van der Waals surface area (Å²) in [6.45, 7) is 1.32. The van der Waals surface area contributed by atoms with Crippen LogP contribution < -0.4 is 9.47 Å². The molecule has 6 heteroatoms. The summed E-state index contributed by atoms with van der Waals surface area (Å²) in [6.07, 6.45) is 1.93. The molecule has 2 aromatic heterocycles. The second-order valence-corrected chi connectivity index (χ2v) is 5.03. The molecule has 21 heavy (non-hydrogen) atoms. The van der Waals surface area contributed by atoms with E-state index in [4.69, 9.17) is 0 Å². The summed E-state index contributed by atoms with van der Waals surface area (Å²) < 4.78 is 41.2. The number of anilines is 1. The van der Waals surface area contributed by atoms with Crippen molar-refractivity contribution in [1.29, 1.82) is 0 Å². The molecule has 0 aromatic carbocycles. The highest BCUT2D eigenvalue weighted by atomic mass is 19.4. The third kappa shape index (κ3) is 2.84. The van der Waals surface area contributed by atoms with Crippen LogP contribution in [0.3, 0.4) is 0 Å². The van der Waals surface area contributed by atoms with E-state index < -0.39 is 11.7 Å². The second kappa shape index (κ2) is 5.35. The molecule has 3 nitrogen and oxygen atoms in total. The molecule has 3 rings (SSSR count). The maximum Gasteiger partial charge on any atom is 0.422 e. The first-order chi connectivity index (χ1) is 10.1. The van der Waals surface area contributed by atoms with Crippen LogP contribution in [0.15, 0.2) is 42.9 Å². The number of nitrogens with zero attached hydrogens (tertiary/aromatic N) is 3. The van der Waals surface area contributed by atoms with Crippen LogP contribution >= 0.6 is 0 Å². The van der Waals surface area contributed by atoms with E-state index in [-0.39, 0.29) is 5.69 Å². The van der Waals surface area contributed by atoms with Gasteiger partial charge in [0.15, 0.2) is 6.20 Å². The molecule has 0 N–H and O–H groups in total. The van der Waals surface area contributed by atoms with Crippen LogP contribution in [0.2, 0.25) is 0 Å². The smallest absolute Gasteiger partial charge is 0.371 e. The van der Waals surface area contributed by atoms with Crippen LogP contribution in [0.25, 0.3) is 5.82 Å². The fraction of sp³-hybridized carbons (Fsp3) is 0.333. The molecular formula is C15H15F3N3+. The Morgan fingerprint density at radius 2 is 1.71 bits per heavy atom. The summed E-state index contributed by atoms with van der Waals surface area (Å²) in [5.74, 6) is 0.491. The number of hydrogen-bond donors (Lipinski definition) is 0. The van der Waals surface area contributed by atoms with Gasteiger partial charge in [-0.2, -0.15) is 13.2 Å². The van der Waals surface area contributed by atoms with Gasteiger partial charge in [-0.25, -0.2) is 4.57 Å². The topological polar surface area (TPSA) is 20.0 Å². The molecule has 0 aliphatic carbocycles. The fourth-order valence-corrected chi connectivity index (χ4v) is 2.56. The first kappa shape index (κ1) is 13.9. The third-order valence-electron chi connectivity index (χ3n) is 3.60. The summed E-state index contributed by atoms with van der Waals surface area (Å²) in [7, 11) is 0. The molecule has 1 aliphatic heterocycles. The minimum Gasteiger partial charge on any atom is -0.371 e. The van der Waals surface area contributed by atoms with Crippen molar-refractivity contribution >= 4 is 5.69 Å². The Labute approximate surface area is 120 Å². The summed E-state index contributed by atoms with van der Waals surface area (Å²) in [5.41, 5.74) is -0.439. The molecule has 1 saturated heterocycles. The Morgan fingerprint density at radius 3 is 2.33 bits per heavy atom. The van der Waals surface area contributed by atoms with Crippen LogP contribution in [-0.2, 0) is 6.18 Å². The molecular weight excluding hydrogens is 279 g/mol. The first-order valence-corrected chi connectivity index (χ1v) is 6.84. The lowest BCUT2D eigenvalue weighted by Crippen LogP contribution is -2.32. The highest BCUT2D eigenvalue weighted by Gasteiger charge is 2.38. The van der Waals surface area contributed by atoms with Crippen molar-refractivity contribution < 1.29 is 17.7 Å². The Balaban J connectivity index is 2.08. The molecule has 0 radical (unpaired) electrons. The van der Waals surface area contributed by atoms with Crippen molar-refractivity contribution in [3.8, 4) is 5.82 Å². The van der Waals surface area contributed by atoms with Crippen LogP contribution in [-0.4, -0.2) is 18.1 Å². The maximum atomic E-state index is 13.2. The van der Waals surface area contributed by atoms with E-state index in [0.29, 0.717) is 18.9 Å². The zero-order valence-electron chi connectivity index (χ0n) is 11.3. The van der Waals surface area contributed by atoms with Gasteiger partial charge in [-0.15, -0.1) is 0 Å². The van der Waals surface area contributed by atoms with Gasteiger partial charge in [-0.05, 0) is 30.0 Å². The molecule has 0 bridgehead atoms. The zero-order chi connectivity index (χ0) is 14.9. The monoisotopic (exact) mass is 294 g/mol. The van der Waals surface area contributed by atoms with E-state index in [1.54, 1.807) is 21.9 Å². The zero-order valence-corrected chi connectivity index (χ0v) is 11.3. The van der Waals surface area contributed by atoms with Gasteiger partial charge < -0.3 is 4.90 Å². The number of rotatable bonds is 2. The summed E-state index contributed by atoms with van der Waals surface area (Å²) in [5, 5.41) is 0. The molecule has 1 fully saturated rings. The molecule has 0 amide bonds. The van der Waals surface area contributed by atoms with E-state index in [1.165, 1.54) is 6.07 Å². The fourth-order valence-electron chi connectivity index (χ4n) is 2.56. The summed E-state index contributed by atoms with van der Waals surface area (Å²) in [6, 6.07) is 7.00. The second-order valence-electron chi connectivity index (χ2n) is 5.03. The highest BCUT2D eigenvalue weighted by Crippen LogP contribution is 2.37. The molecule has 0 saturated carbocycles. The van der Waals surface area contributed by atoms with Crippen molar-refractivity contribution in [2.75, 3.05) is 18.0 Å². The number of halogens is 3. The van der Waals surface area contributed by atoms with E-state index in [2.05, 4.69) is 4.98 Å². The summed E-state index contributed by atoms with van der Waals surface area (Å²) in [4.78, 5) is 5.75. The van der Waals surface area contributed by atoms with Gasteiger partial charge in [0.1, 0.15) is 5.56 Å². The molecule has 0 spiro atoms. The Morgan fingerprint density at radius 1 is 1.05 bits per heavy atom. The van der Waals surface area contributed by atoms with E-state index >= 15 is 0 Å². The van der Waals surface area contributed by atoms with Gasteiger partial charge in [-0.1, -0.05) is 6.07 Å². The first-order valence-electron chi connectivity index (χ1n) is 6.84. The van der Waals surface area contributed by atoms with E-state index in [0.717, 1.165) is 19.0 Å². The van der Waals surface area contributed by atoms with Crippen molar-refractivity contribution in [2.24, 2.45) is 0 Å². The van der Waals surface area contributed by atoms with Gasteiger partial charge in [0.25, 0.3) is 0 Å². The summed E-state index contributed by atoms with van der Waals surface area (Å²) >= 11 is 0. The molecule has 2 aromatic rings. The van der Waals surface area contributed by atoms with Gasteiger partial charge >= 0.3 is 12.0 Å². The minimum atomic E-state index is -4.38. The quantitative estimate of drug-likeness (QED) is 0.794. The minimum absolute atomic E-state index is 0.223.